The van der Waals surface area contributed by atoms with Gasteiger partial charge in [-0.25, -0.2) is 0 Å². The van der Waals surface area contributed by atoms with E-state index in [1.54, 1.807) is 30.3 Å². The molecule has 0 saturated heterocycles. The minimum atomic E-state index is -1.89. The number of hydrogen-bond donors (Lipinski definition) is 5. The Labute approximate surface area is 109 Å². The molecule has 104 valence electrons. The van der Waals surface area contributed by atoms with Crippen LogP contribution in [0.25, 0.3) is 6.08 Å². The van der Waals surface area contributed by atoms with Crippen molar-refractivity contribution < 1.29 is 30.3 Å². The van der Waals surface area contributed by atoms with Crippen molar-refractivity contribution >= 4 is 12.4 Å². The molecule has 0 heterocycles. The Hall–Kier alpha value is -1.73. The molecular weight excluding hydrogens is 252 g/mol. The molecular formula is C13H16O6. The van der Waals surface area contributed by atoms with Crippen LogP contribution in [0.2, 0.25) is 0 Å². The summed E-state index contributed by atoms with van der Waals surface area (Å²) in [6, 6.07) is 8.52. The second kappa shape index (κ2) is 7.01. The highest BCUT2D eigenvalue weighted by Gasteiger charge is 2.32. The van der Waals surface area contributed by atoms with Gasteiger partial charge >= 0.3 is 0 Å². The summed E-state index contributed by atoms with van der Waals surface area (Å²) in [6.07, 6.45) is -6.20. The van der Waals surface area contributed by atoms with Crippen LogP contribution < -0.4 is 0 Å². The Balaban J connectivity index is 2.79. The first-order valence-corrected chi connectivity index (χ1v) is 5.60. The lowest BCUT2D eigenvalue weighted by molar-refractivity contribution is -0.132. The zero-order chi connectivity index (χ0) is 14.4. The van der Waals surface area contributed by atoms with E-state index in [0.29, 0.717) is 5.56 Å². The summed E-state index contributed by atoms with van der Waals surface area (Å²) >= 11 is 0. The summed E-state index contributed by atoms with van der Waals surface area (Å²) in [5.74, 6) is -0.587. The molecule has 0 aliphatic rings. The van der Waals surface area contributed by atoms with E-state index in [9.17, 15) is 25.2 Å². The van der Waals surface area contributed by atoms with Crippen molar-refractivity contribution in [2.75, 3.05) is 0 Å². The van der Waals surface area contributed by atoms with Crippen LogP contribution in [0.4, 0.5) is 0 Å². The molecule has 1 aromatic rings. The van der Waals surface area contributed by atoms with E-state index in [4.69, 9.17) is 5.11 Å². The van der Waals surface area contributed by atoms with Gasteiger partial charge in [0.2, 0.25) is 0 Å². The molecule has 0 spiro atoms. The quantitative estimate of drug-likeness (QED) is 0.341. The van der Waals surface area contributed by atoms with E-state index in [1.807, 2.05) is 0 Å². The third-order valence-corrected chi connectivity index (χ3v) is 2.58. The van der Waals surface area contributed by atoms with Gasteiger partial charge in [-0.15, -0.1) is 0 Å². The second-order valence-electron chi connectivity index (χ2n) is 4.03. The van der Waals surface area contributed by atoms with E-state index < -0.39 is 30.2 Å². The first-order valence-electron chi connectivity index (χ1n) is 5.60. The van der Waals surface area contributed by atoms with Crippen LogP contribution in [-0.2, 0) is 4.79 Å². The molecule has 0 saturated carbocycles. The Morgan fingerprint density at radius 1 is 1.00 bits per heavy atom. The van der Waals surface area contributed by atoms with Gasteiger partial charge in [-0.05, 0) is 11.6 Å². The third-order valence-electron chi connectivity index (χ3n) is 2.58. The fourth-order valence-corrected chi connectivity index (χ4v) is 1.45. The van der Waals surface area contributed by atoms with Crippen LogP contribution in [0.3, 0.4) is 0 Å². The normalized spacial score (nSPS) is 18.4. The smallest absolute Gasteiger partial charge is 0.151 e. The van der Waals surface area contributed by atoms with Gasteiger partial charge in [0.05, 0.1) is 0 Å². The molecule has 0 aromatic heterocycles. The molecule has 1 aromatic carbocycles. The molecule has 6 heteroatoms. The average Bonchev–Trinajstić information content (AvgIpc) is 2.44. The number of hydrogen-bond acceptors (Lipinski definition) is 6. The number of aliphatic hydroxyl groups excluding tert-OH is 5. The van der Waals surface area contributed by atoms with Crippen molar-refractivity contribution in [1.29, 1.82) is 0 Å². The predicted molar refractivity (Wildman–Crippen MR) is 67.1 cm³/mol. The van der Waals surface area contributed by atoms with Gasteiger partial charge in [-0.1, -0.05) is 30.3 Å². The average molecular weight is 268 g/mol. The van der Waals surface area contributed by atoms with Gasteiger partial charge in [-0.2, -0.15) is 0 Å². The molecule has 4 atom stereocenters. The summed E-state index contributed by atoms with van der Waals surface area (Å²) in [6.45, 7) is 0. The van der Waals surface area contributed by atoms with Crippen molar-refractivity contribution in [1.82, 2.24) is 0 Å². The number of aldehydes is 1. The molecule has 19 heavy (non-hydrogen) atoms. The van der Waals surface area contributed by atoms with Crippen LogP contribution in [0, 0.1) is 0 Å². The topological polar surface area (TPSA) is 118 Å². The lowest BCUT2D eigenvalue weighted by Crippen LogP contribution is -2.45. The van der Waals surface area contributed by atoms with E-state index in [1.165, 1.54) is 6.08 Å². The van der Waals surface area contributed by atoms with Crippen molar-refractivity contribution in [3.8, 4) is 0 Å². The molecule has 0 bridgehead atoms. The molecule has 0 radical (unpaired) electrons. The Bertz CT molecular complexity index is 430. The summed E-state index contributed by atoms with van der Waals surface area (Å²) in [7, 11) is 0. The molecule has 0 aliphatic heterocycles. The van der Waals surface area contributed by atoms with Crippen LogP contribution in [-0.4, -0.2) is 56.2 Å². The molecule has 0 amide bonds. The molecule has 1 rings (SSSR count). The van der Waals surface area contributed by atoms with Gasteiger partial charge in [0.25, 0.3) is 0 Å². The van der Waals surface area contributed by atoms with E-state index in [0.717, 1.165) is 0 Å². The summed E-state index contributed by atoms with van der Waals surface area (Å²) in [4.78, 5) is 10.3. The van der Waals surface area contributed by atoms with Crippen LogP contribution in [0.15, 0.2) is 36.1 Å². The van der Waals surface area contributed by atoms with Crippen LogP contribution >= 0.6 is 0 Å². The number of carbonyl (C=O) groups is 1. The largest absolute Gasteiger partial charge is 0.509 e. The van der Waals surface area contributed by atoms with Gasteiger partial charge in [0, 0.05) is 0 Å². The highest BCUT2D eigenvalue weighted by molar-refractivity contribution is 5.57. The first kappa shape index (κ1) is 15.3. The molecule has 5 N–H and O–H groups in total. The molecule has 6 nitrogen and oxygen atoms in total. The maximum Gasteiger partial charge on any atom is 0.151 e. The zero-order valence-corrected chi connectivity index (χ0v) is 10.00. The van der Waals surface area contributed by atoms with Crippen LogP contribution in [0.1, 0.15) is 5.56 Å². The third kappa shape index (κ3) is 4.15. The van der Waals surface area contributed by atoms with Gasteiger partial charge in [0.15, 0.2) is 6.29 Å². The van der Waals surface area contributed by atoms with Crippen LogP contribution in [0.5, 0.6) is 0 Å². The van der Waals surface area contributed by atoms with Crippen molar-refractivity contribution in [2.24, 2.45) is 0 Å². The monoisotopic (exact) mass is 268 g/mol. The van der Waals surface area contributed by atoms with Crippen molar-refractivity contribution in [3.63, 3.8) is 0 Å². The number of carbonyl (C=O) groups excluding carboxylic acids is 1. The summed E-state index contributed by atoms with van der Waals surface area (Å²) in [5, 5.41) is 47.1. The maximum absolute atomic E-state index is 10.3. The lowest BCUT2D eigenvalue weighted by atomic mass is 10.0. The molecule has 0 unspecified atom stereocenters. The van der Waals surface area contributed by atoms with E-state index in [-0.39, 0.29) is 6.29 Å². The number of aliphatic hydroxyl groups is 5. The first-order chi connectivity index (χ1) is 8.97. The van der Waals surface area contributed by atoms with Crippen molar-refractivity contribution in [3.05, 3.63) is 41.7 Å². The van der Waals surface area contributed by atoms with Gasteiger partial charge in [-0.3, -0.25) is 0 Å². The Morgan fingerprint density at radius 2 is 1.58 bits per heavy atom. The second-order valence-corrected chi connectivity index (χ2v) is 4.03. The minimum Gasteiger partial charge on any atom is -0.509 e. The zero-order valence-electron chi connectivity index (χ0n) is 10.00. The fourth-order valence-electron chi connectivity index (χ4n) is 1.45. The molecule has 0 aliphatic carbocycles. The summed E-state index contributed by atoms with van der Waals surface area (Å²) in [5.41, 5.74) is 0.580. The number of benzene rings is 1. The number of rotatable bonds is 6. The highest BCUT2D eigenvalue weighted by Crippen LogP contribution is 2.13. The highest BCUT2D eigenvalue weighted by atomic mass is 16.4. The lowest BCUT2D eigenvalue weighted by Gasteiger charge is -2.23. The van der Waals surface area contributed by atoms with Gasteiger partial charge in [0.1, 0.15) is 30.2 Å². The molecule has 0 fully saturated rings. The van der Waals surface area contributed by atoms with Crippen molar-refractivity contribution in [2.45, 2.75) is 24.4 Å². The predicted octanol–water partition coefficient (Wildman–Crippen LogP) is -0.772. The minimum absolute atomic E-state index is 0.0264. The maximum atomic E-state index is 10.3. The standard InChI is InChI=1S/C13H16O6/c14-7-10(16)12(18)13(19)11(17)9(15)6-8-4-2-1-3-5-8/h1-7,10-13,15-19H/b9-6-/t10-,11+,12+,13+/m0/s1. The SMILES string of the molecule is O=C[C@H](O)[C@@H](O)[C@H](O)[C@H](O)/C(O)=C/c1ccccc1. The van der Waals surface area contributed by atoms with Gasteiger partial charge < -0.3 is 30.3 Å². The fraction of sp³-hybridized carbons (Fsp3) is 0.308. The summed E-state index contributed by atoms with van der Waals surface area (Å²) < 4.78 is 0. The van der Waals surface area contributed by atoms with E-state index >= 15 is 0 Å². The Morgan fingerprint density at radius 3 is 2.11 bits per heavy atom. The Kier molecular flexibility index (Phi) is 5.65. The van der Waals surface area contributed by atoms with E-state index in [2.05, 4.69) is 0 Å².